The lowest BCUT2D eigenvalue weighted by atomic mass is 10.2. The zero-order valence-corrected chi connectivity index (χ0v) is 9.40. The van der Waals surface area contributed by atoms with Crippen LogP contribution in [0.1, 0.15) is 23.2 Å². The number of halogens is 1. The van der Waals surface area contributed by atoms with Gasteiger partial charge < -0.3 is 9.64 Å². The van der Waals surface area contributed by atoms with E-state index in [1.807, 2.05) is 0 Å². The Labute approximate surface area is 98.0 Å². The molecule has 1 amide bonds. The van der Waals surface area contributed by atoms with Crippen LogP contribution < -0.4 is 4.90 Å². The normalized spacial score (nSPS) is 15.2. The lowest BCUT2D eigenvalue weighted by Gasteiger charge is -2.16. The molecule has 2 rings (SSSR count). The van der Waals surface area contributed by atoms with Crippen LogP contribution in [0.4, 0.5) is 10.1 Å². The number of benzene rings is 1. The number of anilines is 1. The fourth-order valence-corrected chi connectivity index (χ4v) is 1.87. The molecule has 1 aromatic carbocycles. The summed E-state index contributed by atoms with van der Waals surface area (Å²) >= 11 is 0. The second-order valence-corrected chi connectivity index (χ2v) is 3.80. The first-order valence-electron chi connectivity index (χ1n) is 5.31. The molecule has 1 saturated heterocycles. The molecule has 0 bridgehead atoms. The van der Waals surface area contributed by atoms with Crippen LogP contribution in [0, 0.1) is 5.82 Å². The number of hydrogen-bond acceptors (Lipinski definition) is 3. The molecule has 0 atom stereocenters. The average Bonchev–Trinajstić information content (AvgIpc) is 2.74. The molecule has 0 aromatic heterocycles. The molecule has 5 heteroatoms. The van der Waals surface area contributed by atoms with Gasteiger partial charge in [-0.25, -0.2) is 9.18 Å². The Hall–Kier alpha value is -1.91. The highest BCUT2D eigenvalue weighted by molar-refractivity contribution is 5.96. The fraction of sp³-hybridized carbons (Fsp3) is 0.333. The number of ether oxygens (including phenoxy) is 1. The van der Waals surface area contributed by atoms with E-state index >= 15 is 0 Å². The van der Waals surface area contributed by atoms with Gasteiger partial charge in [0.1, 0.15) is 5.82 Å². The van der Waals surface area contributed by atoms with Crippen LogP contribution in [0.15, 0.2) is 18.2 Å². The largest absolute Gasteiger partial charge is 0.465 e. The van der Waals surface area contributed by atoms with Gasteiger partial charge >= 0.3 is 5.97 Å². The van der Waals surface area contributed by atoms with Crippen molar-refractivity contribution in [3.05, 3.63) is 29.6 Å². The van der Waals surface area contributed by atoms with E-state index in [9.17, 15) is 14.0 Å². The van der Waals surface area contributed by atoms with Crippen molar-refractivity contribution < 1.29 is 18.7 Å². The molecule has 1 aliphatic heterocycles. The third-order valence-electron chi connectivity index (χ3n) is 2.74. The maximum absolute atomic E-state index is 13.6. The smallest absolute Gasteiger partial charge is 0.340 e. The number of carbonyl (C=O) groups excluding carboxylic acids is 2. The lowest BCUT2D eigenvalue weighted by molar-refractivity contribution is -0.117. The van der Waals surface area contributed by atoms with E-state index in [0.29, 0.717) is 18.7 Å². The first-order valence-corrected chi connectivity index (χ1v) is 5.31. The molecule has 90 valence electrons. The molecule has 0 unspecified atom stereocenters. The maximum Gasteiger partial charge on any atom is 0.340 e. The van der Waals surface area contributed by atoms with E-state index in [0.717, 1.165) is 6.42 Å². The molecule has 0 saturated carbocycles. The molecule has 0 N–H and O–H groups in total. The highest BCUT2D eigenvalue weighted by Crippen LogP contribution is 2.23. The minimum absolute atomic E-state index is 0.0183. The molecule has 0 spiro atoms. The van der Waals surface area contributed by atoms with Crippen LogP contribution in [0.2, 0.25) is 0 Å². The lowest BCUT2D eigenvalue weighted by Crippen LogP contribution is -2.24. The van der Waals surface area contributed by atoms with Crippen molar-refractivity contribution in [1.82, 2.24) is 0 Å². The predicted octanol–water partition coefficient (Wildman–Crippen LogP) is 1.74. The maximum atomic E-state index is 13.6. The summed E-state index contributed by atoms with van der Waals surface area (Å²) in [4.78, 5) is 24.2. The molecular formula is C12H12FNO3. The SMILES string of the molecule is COC(=O)c1ccc(N2CCCC2=O)cc1F. The molecule has 1 heterocycles. The molecular weight excluding hydrogens is 225 g/mol. The van der Waals surface area contributed by atoms with Gasteiger partial charge in [-0.15, -0.1) is 0 Å². The van der Waals surface area contributed by atoms with Crippen molar-refractivity contribution in [1.29, 1.82) is 0 Å². The van der Waals surface area contributed by atoms with Crippen LogP contribution in [0.3, 0.4) is 0 Å². The summed E-state index contributed by atoms with van der Waals surface area (Å²) in [5.74, 6) is -1.41. The Bertz CT molecular complexity index is 473. The minimum atomic E-state index is -0.721. The fourth-order valence-electron chi connectivity index (χ4n) is 1.87. The summed E-state index contributed by atoms with van der Waals surface area (Å²) < 4.78 is 18.1. The Morgan fingerprint density at radius 2 is 2.24 bits per heavy atom. The van der Waals surface area contributed by atoms with Crippen molar-refractivity contribution in [3.8, 4) is 0 Å². The zero-order chi connectivity index (χ0) is 12.4. The van der Waals surface area contributed by atoms with Gasteiger partial charge in [0.25, 0.3) is 0 Å². The van der Waals surface area contributed by atoms with Gasteiger partial charge in [-0.3, -0.25) is 4.79 Å². The monoisotopic (exact) mass is 237 g/mol. The number of methoxy groups -OCH3 is 1. The van der Waals surface area contributed by atoms with Gasteiger partial charge in [0.15, 0.2) is 0 Å². The van der Waals surface area contributed by atoms with Crippen molar-refractivity contribution in [2.45, 2.75) is 12.8 Å². The van der Waals surface area contributed by atoms with Gasteiger partial charge in [0.05, 0.1) is 12.7 Å². The molecule has 1 fully saturated rings. The van der Waals surface area contributed by atoms with Crippen molar-refractivity contribution in [2.24, 2.45) is 0 Å². The first kappa shape index (κ1) is 11.6. The Kier molecular flexibility index (Phi) is 3.08. The number of amides is 1. The standard InChI is InChI=1S/C12H12FNO3/c1-17-12(16)9-5-4-8(7-10(9)13)14-6-2-3-11(14)15/h4-5,7H,2-3,6H2,1H3. The summed E-state index contributed by atoms with van der Waals surface area (Å²) in [5, 5.41) is 0. The van der Waals surface area contributed by atoms with Crippen molar-refractivity contribution >= 4 is 17.6 Å². The average molecular weight is 237 g/mol. The van der Waals surface area contributed by atoms with Gasteiger partial charge in [-0.05, 0) is 24.6 Å². The van der Waals surface area contributed by atoms with E-state index < -0.39 is 11.8 Å². The molecule has 17 heavy (non-hydrogen) atoms. The second-order valence-electron chi connectivity index (χ2n) is 3.80. The predicted molar refractivity (Wildman–Crippen MR) is 59.3 cm³/mol. The molecule has 1 aromatic rings. The highest BCUT2D eigenvalue weighted by Gasteiger charge is 2.23. The topological polar surface area (TPSA) is 46.6 Å². The molecule has 0 aliphatic carbocycles. The number of hydrogen-bond donors (Lipinski definition) is 0. The van der Waals surface area contributed by atoms with E-state index in [4.69, 9.17) is 0 Å². The quantitative estimate of drug-likeness (QED) is 0.736. The van der Waals surface area contributed by atoms with Crippen LogP contribution >= 0.6 is 0 Å². The summed E-state index contributed by atoms with van der Waals surface area (Å²) in [6.45, 7) is 0.593. The highest BCUT2D eigenvalue weighted by atomic mass is 19.1. The molecule has 0 radical (unpaired) electrons. The molecule has 1 aliphatic rings. The summed E-state index contributed by atoms with van der Waals surface area (Å²) in [7, 11) is 1.19. The Morgan fingerprint density at radius 1 is 1.47 bits per heavy atom. The van der Waals surface area contributed by atoms with Crippen LogP contribution in [0.5, 0.6) is 0 Å². The van der Waals surface area contributed by atoms with E-state index in [1.54, 1.807) is 6.07 Å². The number of rotatable bonds is 2. The molecule has 4 nitrogen and oxygen atoms in total. The summed E-state index contributed by atoms with van der Waals surface area (Å²) in [5.41, 5.74) is 0.362. The van der Waals surface area contributed by atoms with Crippen molar-refractivity contribution in [2.75, 3.05) is 18.6 Å². The van der Waals surface area contributed by atoms with E-state index in [2.05, 4.69) is 4.74 Å². The van der Waals surface area contributed by atoms with Crippen molar-refractivity contribution in [3.63, 3.8) is 0 Å². The van der Waals surface area contributed by atoms with Crippen LogP contribution in [-0.4, -0.2) is 25.5 Å². The number of carbonyl (C=O) groups is 2. The van der Waals surface area contributed by atoms with Gasteiger partial charge in [0.2, 0.25) is 5.91 Å². The Balaban J connectivity index is 2.30. The van der Waals surface area contributed by atoms with E-state index in [-0.39, 0.29) is 11.5 Å². The van der Waals surface area contributed by atoms with E-state index in [1.165, 1.54) is 24.1 Å². The van der Waals surface area contributed by atoms with Gasteiger partial charge in [-0.2, -0.15) is 0 Å². The Morgan fingerprint density at radius 3 is 2.76 bits per heavy atom. The number of nitrogens with zero attached hydrogens (tertiary/aromatic N) is 1. The van der Waals surface area contributed by atoms with Gasteiger partial charge in [-0.1, -0.05) is 0 Å². The summed E-state index contributed by atoms with van der Waals surface area (Å²) in [6.07, 6.45) is 1.26. The first-order chi connectivity index (χ1) is 8.13. The van der Waals surface area contributed by atoms with Crippen LogP contribution in [0.25, 0.3) is 0 Å². The minimum Gasteiger partial charge on any atom is -0.465 e. The summed E-state index contributed by atoms with van der Waals surface area (Å²) in [6, 6.07) is 4.08. The van der Waals surface area contributed by atoms with Crippen LogP contribution in [-0.2, 0) is 9.53 Å². The second kappa shape index (κ2) is 4.53. The third-order valence-corrected chi connectivity index (χ3v) is 2.74. The van der Waals surface area contributed by atoms with Gasteiger partial charge in [0, 0.05) is 18.7 Å². The number of esters is 1. The third kappa shape index (κ3) is 2.13. The zero-order valence-electron chi connectivity index (χ0n) is 9.40.